The van der Waals surface area contributed by atoms with Gasteiger partial charge in [0.2, 0.25) is 0 Å². The summed E-state index contributed by atoms with van der Waals surface area (Å²) in [6.07, 6.45) is 5.72. The predicted molar refractivity (Wildman–Crippen MR) is 110 cm³/mol. The molecule has 0 bridgehead atoms. The molecule has 148 valence electrons. The maximum Gasteiger partial charge on any atom is 0.271 e. The van der Waals surface area contributed by atoms with E-state index in [2.05, 4.69) is 26.6 Å². The zero-order chi connectivity index (χ0) is 19.8. The van der Waals surface area contributed by atoms with Crippen molar-refractivity contribution in [2.75, 3.05) is 20.2 Å². The van der Waals surface area contributed by atoms with Gasteiger partial charge < -0.3 is 14.2 Å². The van der Waals surface area contributed by atoms with E-state index in [4.69, 9.17) is 4.74 Å². The monoisotopic (exact) mass is 388 g/mol. The number of carbonyl (C=O) groups excluding carboxylic acids is 1. The van der Waals surface area contributed by atoms with Gasteiger partial charge in [-0.2, -0.15) is 0 Å². The first-order chi connectivity index (χ1) is 14.2. The molecule has 0 saturated carbocycles. The molecular weight excluding hydrogens is 364 g/mol. The molecule has 2 atom stereocenters. The van der Waals surface area contributed by atoms with E-state index in [9.17, 15) is 4.79 Å². The molecule has 6 nitrogen and oxygen atoms in total. The Balaban J connectivity index is 1.41. The molecule has 5 rings (SSSR count). The first-order valence-electron chi connectivity index (χ1n) is 9.95. The molecule has 1 fully saturated rings. The van der Waals surface area contributed by atoms with Crippen LogP contribution in [0.25, 0.3) is 0 Å². The number of ether oxygens (including phenoxy) is 1. The van der Waals surface area contributed by atoms with Gasteiger partial charge in [-0.25, -0.2) is 0 Å². The highest BCUT2D eigenvalue weighted by molar-refractivity contribution is 5.94. The normalized spacial score (nSPS) is 21.1. The number of amides is 1. The highest BCUT2D eigenvalue weighted by atomic mass is 16.5. The molecular formula is C23H24N4O2. The first-order valence-corrected chi connectivity index (χ1v) is 9.95. The van der Waals surface area contributed by atoms with Gasteiger partial charge in [0, 0.05) is 44.8 Å². The molecule has 0 spiro atoms. The summed E-state index contributed by atoms with van der Waals surface area (Å²) in [4.78, 5) is 21.9. The Hall–Kier alpha value is -3.12. The van der Waals surface area contributed by atoms with Crippen LogP contribution < -0.4 is 4.74 Å². The number of rotatable bonds is 5. The molecule has 0 N–H and O–H groups in total. The van der Waals surface area contributed by atoms with Crippen molar-refractivity contribution in [2.24, 2.45) is 0 Å². The minimum atomic E-state index is 0.109. The molecule has 1 aromatic carbocycles. The Labute approximate surface area is 170 Å². The summed E-state index contributed by atoms with van der Waals surface area (Å²) in [5, 5.41) is 0. The minimum Gasteiger partial charge on any atom is -0.497 e. The Morgan fingerprint density at radius 3 is 2.45 bits per heavy atom. The van der Waals surface area contributed by atoms with Crippen LogP contribution >= 0.6 is 0 Å². The molecule has 29 heavy (non-hydrogen) atoms. The van der Waals surface area contributed by atoms with E-state index in [0.29, 0.717) is 6.54 Å². The van der Waals surface area contributed by atoms with E-state index in [1.165, 1.54) is 5.56 Å². The van der Waals surface area contributed by atoms with Gasteiger partial charge in [0.15, 0.2) is 0 Å². The SMILES string of the molecule is COc1ccc(CN2C(=O)c3cccn3[C@@H]3CN(Cc4ccncc4)C[C@H]32)cc1. The third kappa shape index (κ3) is 3.29. The van der Waals surface area contributed by atoms with Crippen molar-refractivity contribution in [3.8, 4) is 5.75 Å². The van der Waals surface area contributed by atoms with Crippen molar-refractivity contribution < 1.29 is 9.53 Å². The number of benzene rings is 1. The molecule has 0 unspecified atom stereocenters. The van der Waals surface area contributed by atoms with Crippen LogP contribution in [0, 0.1) is 0 Å². The zero-order valence-electron chi connectivity index (χ0n) is 16.4. The van der Waals surface area contributed by atoms with Crippen LogP contribution in [0.5, 0.6) is 5.75 Å². The lowest BCUT2D eigenvalue weighted by molar-refractivity contribution is 0.0556. The second-order valence-corrected chi connectivity index (χ2v) is 7.77. The molecule has 1 saturated heterocycles. The Kier molecular flexibility index (Phi) is 4.56. The minimum absolute atomic E-state index is 0.109. The number of hydrogen-bond donors (Lipinski definition) is 0. The van der Waals surface area contributed by atoms with Crippen LogP contribution in [-0.4, -0.2) is 51.5 Å². The van der Waals surface area contributed by atoms with E-state index >= 15 is 0 Å². The van der Waals surface area contributed by atoms with Crippen molar-refractivity contribution in [3.05, 3.63) is 83.9 Å². The third-order valence-electron chi connectivity index (χ3n) is 6.02. The topological polar surface area (TPSA) is 50.6 Å². The smallest absolute Gasteiger partial charge is 0.271 e. The van der Waals surface area contributed by atoms with Crippen LogP contribution in [0.4, 0.5) is 0 Å². The average molecular weight is 388 g/mol. The van der Waals surface area contributed by atoms with Crippen molar-refractivity contribution in [3.63, 3.8) is 0 Å². The van der Waals surface area contributed by atoms with Gasteiger partial charge in [-0.05, 0) is 47.5 Å². The summed E-state index contributed by atoms with van der Waals surface area (Å²) in [5.74, 6) is 0.938. The number of aromatic nitrogens is 2. The van der Waals surface area contributed by atoms with E-state index in [1.807, 2.05) is 59.9 Å². The molecule has 1 amide bonds. The zero-order valence-corrected chi connectivity index (χ0v) is 16.4. The number of pyridine rings is 1. The van der Waals surface area contributed by atoms with Gasteiger partial charge in [-0.15, -0.1) is 0 Å². The van der Waals surface area contributed by atoms with Gasteiger partial charge in [0.25, 0.3) is 5.91 Å². The van der Waals surface area contributed by atoms with Crippen LogP contribution in [0.2, 0.25) is 0 Å². The van der Waals surface area contributed by atoms with Crippen LogP contribution in [0.3, 0.4) is 0 Å². The van der Waals surface area contributed by atoms with Crippen molar-refractivity contribution in [1.82, 2.24) is 19.4 Å². The molecule has 0 aliphatic carbocycles. The number of likely N-dealkylation sites (tertiary alicyclic amines) is 1. The molecule has 2 aromatic heterocycles. The van der Waals surface area contributed by atoms with E-state index in [0.717, 1.165) is 36.6 Å². The van der Waals surface area contributed by atoms with Crippen LogP contribution in [0.1, 0.15) is 27.7 Å². The number of carbonyl (C=O) groups is 1. The number of fused-ring (bicyclic) bond motifs is 3. The molecule has 4 heterocycles. The van der Waals surface area contributed by atoms with Crippen molar-refractivity contribution in [1.29, 1.82) is 0 Å². The quantitative estimate of drug-likeness (QED) is 0.674. The van der Waals surface area contributed by atoms with Gasteiger partial charge in [-0.1, -0.05) is 12.1 Å². The number of methoxy groups -OCH3 is 1. The van der Waals surface area contributed by atoms with Crippen molar-refractivity contribution >= 4 is 5.91 Å². The lowest BCUT2D eigenvalue weighted by atomic mass is 10.0. The molecule has 2 aliphatic rings. The molecule has 6 heteroatoms. The summed E-state index contributed by atoms with van der Waals surface area (Å²) in [5.41, 5.74) is 3.15. The number of nitrogens with zero attached hydrogens (tertiary/aromatic N) is 4. The van der Waals surface area contributed by atoms with Gasteiger partial charge in [0.1, 0.15) is 11.4 Å². The maximum absolute atomic E-state index is 13.3. The molecule has 2 aliphatic heterocycles. The predicted octanol–water partition coefficient (Wildman–Crippen LogP) is 2.97. The van der Waals surface area contributed by atoms with E-state index in [1.54, 1.807) is 7.11 Å². The van der Waals surface area contributed by atoms with Crippen molar-refractivity contribution in [2.45, 2.75) is 25.2 Å². The summed E-state index contributed by atoms with van der Waals surface area (Å²) >= 11 is 0. The highest BCUT2D eigenvalue weighted by Gasteiger charge is 2.44. The fraction of sp³-hybridized carbons (Fsp3) is 0.304. The van der Waals surface area contributed by atoms with E-state index < -0.39 is 0 Å². The lowest BCUT2D eigenvalue weighted by Gasteiger charge is -2.38. The van der Waals surface area contributed by atoms with Gasteiger partial charge >= 0.3 is 0 Å². The number of hydrogen-bond acceptors (Lipinski definition) is 4. The summed E-state index contributed by atoms with van der Waals surface area (Å²) in [6.45, 7) is 3.28. The fourth-order valence-electron chi connectivity index (χ4n) is 4.58. The average Bonchev–Trinajstić information content (AvgIpc) is 3.39. The Morgan fingerprint density at radius 1 is 0.966 bits per heavy atom. The summed E-state index contributed by atoms with van der Waals surface area (Å²) < 4.78 is 7.43. The lowest BCUT2D eigenvalue weighted by Crippen LogP contribution is -2.49. The first kappa shape index (κ1) is 17.9. The summed E-state index contributed by atoms with van der Waals surface area (Å²) in [6, 6.07) is 16.5. The molecule has 3 aromatic rings. The third-order valence-corrected chi connectivity index (χ3v) is 6.02. The summed E-state index contributed by atoms with van der Waals surface area (Å²) in [7, 11) is 1.66. The largest absolute Gasteiger partial charge is 0.497 e. The fourth-order valence-corrected chi connectivity index (χ4v) is 4.58. The maximum atomic E-state index is 13.3. The van der Waals surface area contributed by atoms with Gasteiger partial charge in [0.05, 0.1) is 19.2 Å². The van der Waals surface area contributed by atoms with E-state index in [-0.39, 0.29) is 18.0 Å². The van der Waals surface area contributed by atoms with Crippen LogP contribution in [-0.2, 0) is 13.1 Å². The van der Waals surface area contributed by atoms with Gasteiger partial charge in [-0.3, -0.25) is 14.7 Å². The highest BCUT2D eigenvalue weighted by Crippen LogP contribution is 2.35. The van der Waals surface area contributed by atoms with Crippen LogP contribution in [0.15, 0.2) is 67.1 Å². The second-order valence-electron chi connectivity index (χ2n) is 7.77. The Morgan fingerprint density at radius 2 is 1.69 bits per heavy atom. The standard InChI is InChI=1S/C23H24N4O2/c1-29-19-6-4-17(5-7-19)14-27-22-16-25(13-18-8-10-24-11-9-18)15-21(22)26-12-2-3-20(26)23(27)28/h2-12,21-22H,13-16H2,1H3/t21-,22-/m1/s1. The molecule has 0 radical (unpaired) electrons. The Bertz CT molecular complexity index is 999. The second kappa shape index (κ2) is 7.37.